The summed E-state index contributed by atoms with van der Waals surface area (Å²) in [7, 11) is 0. The summed E-state index contributed by atoms with van der Waals surface area (Å²) in [5.74, 6) is 0.0464. The minimum atomic E-state index is -4.36. The van der Waals surface area contributed by atoms with Crippen molar-refractivity contribution in [2.75, 3.05) is 13.1 Å². The first-order valence-electron chi connectivity index (χ1n) is 11.5. The Morgan fingerprint density at radius 1 is 0.941 bits per heavy atom. The van der Waals surface area contributed by atoms with E-state index in [2.05, 4.69) is 24.3 Å². The quantitative estimate of drug-likeness (QED) is 0.426. The number of alkyl halides is 3. The molecule has 3 aromatic rings. The van der Waals surface area contributed by atoms with Gasteiger partial charge >= 0.3 is 6.18 Å². The van der Waals surface area contributed by atoms with Crippen molar-refractivity contribution < 1.29 is 22.7 Å². The number of halogens is 3. The Bertz CT molecular complexity index is 1030. The van der Waals surface area contributed by atoms with Gasteiger partial charge in [0.05, 0.1) is 18.3 Å². The Morgan fingerprint density at radius 2 is 1.50 bits per heavy atom. The number of hydrogen-bond donors (Lipinski definition) is 0. The van der Waals surface area contributed by atoms with Crippen LogP contribution in [0, 0.1) is 5.92 Å². The molecule has 0 radical (unpaired) electrons. The highest BCUT2D eigenvalue weighted by Crippen LogP contribution is 2.39. The number of carbonyl (C=O) groups excluding carboxylic acids is 1. The molecule has 178 valence electrons. The topological polar surface area (TPSA) is 29.5 Å². The van der Waals surface area contributed by atoms with E-state index < -0.39 is 11.7 Å². The fourth-order valence-electron chi connectivity index (χ4n) is 4.77. The van der Waals surface area contributed by atoms with Gasteiger partial charge in [-0.05, 0) is 35.2 Å². The molecule has 4 rings (SSSR count). The van der Waals surface area contributed by atoms with E-state index in [1.165, 1.54) is 12.1 Å². The number of rotatable bonds is 6. The number of nitrogens with zero attached hydrogens (tertiary/aromatic N) is 1. The van der Waals surface area contributed by atoms with Crippen LogP contribution in [0.2, 0.25) is 0 Å². The summed E-state index contributed by atoms with van der Waals surface area (Å²) in [6, 6.07) is 25.5. The average Bonchev–Trinajstić information content (AvgIpc) is 2.84. The molecule has 0 saturated carbocycles. The number of hydrogen-bond acceptors (Lipinski definition) is 2. The first-order valence-corrected chi connectivity index (χ1v) is 11.5. The third kappa shape index (κ3) is 5.68. The molecule has 3 nitrogen and oxygen atoms in total. The number of ether oxygens (including phenoxy) is 1. The highest BCUT2D eigenvalue weighted by molar-refractivity contribution is 5.73. The Morgan fingerprint density at radius 3 is 2.00 bits per heavy atom. The Hall–Kier alpha value is -3.12. The lowest BCUT2D eigenvalue weighted by molar-refractivity contribution is -0.138. The predicted molar refractivity (Wildman–Crippen MR) is 125 cm³/mol. The highest BCUT2D eigenvalue weighted by Gasteiger charge is 2.38. The van der Waals surface area contributed by atoms with Crippen LogP contribution in [0.15, 0.2) is 84.9 Å². The van der Waals surface area contributed by atoms with Crippen LogP contribution in [0.4, 0.5) is 13.2 Å². The minimum Gasteiger partial charge on any atom is -0.373 e. The van der Waals surface area contributed by atoms with Crippen LogP contribution in [0.3, 0.4) is 0 Å². The maximum atomic E-state index is 12.9. The number of piperidine rings is 1. The number of carbonyl (C=O) groups is 1. The van der Waals surface area contributed by atoms with Crippen molar-refractivity contribution in [3.8, 4) is 0 Å². The molecule has 1 saturated heterocycles. The van der Waals surface area contributed by atoms with Crippen LogP contribution in [0.25, 0.3) is 0 Å². The van der Waals surface area contributed by atoms with Crippen molar-refractivity contribution in [3.05, 3.63) is 107 Å². The van der Waals surface area contributed by atoms with E-state index in [-0.39, 0.29) is 30.5 Å². The van der Waals surface area contributed by atoms with Gasteiger partial charge in [0.2, 0.25) is 5.91 Å². The van der Waals surface area contributed by atoms with Gasteiger partial charge in [-0.3, -0.25) is 4.79 Å². The van der Waals surface area contributed by atoms with Crippen molar-refractivity contribution >= 4 is 5.91 Å². The SMILES string of the molecule is CC(=O)N1CC[C@@H](OCc2ccc(C(F)(F)F)cc2)[C@@H](C(c2ccccc2)c2ccccc2)C1. The molecule has 0 N–H and O–H groups in total. The first kappa shape index (κ1) is 24.0. The molecule has 6 heteroatoms. The fourth-order valence-corrected chi connectivity index (χ4v) is 4.77. The van der Waals surface area contributed by atoms with E-state index in [1.54, 1.807) is 6.92 Å². The lowest BCUT2D eigenvalue weighted by Gasteiger charge is -2.42. The van der Waals surface area contributed by atoms with Crippen molar-refractivity contribution in [2.45, 2.75) is 38.1 Å². The van der Waals surface area contributed by atoms with Crippen LogP contribution < -0.4 is 0 Å². The van der Waals surface area contributed by atoms with E-state index in [4.69, 9.17) is 4.74 Å². The van der Waals surface area contributed by atoms with Gasteiger partial charge in [-0.1, -0.05) is 72.8 Å². The van der Waals surface area contributed by atoms with Crippen molar-refractivity contribution in [3.63, 3.8) is 0 Å². The molecule has 2 atom stereocenters. The van der Waals surface area contributed by atoms with E-state index in [0.717, 1.165) is 23.3 Å². The predicted octanol–water partition coefficient (Wildman–Crippen LogP) is 6.29. The summed E-state index contributed by atoms with van der Waals surface area (Å²) in [5, 5.41) is 0. The summed E-state index contributed by atoms with van der Waals surface area (Å²) in [6.07, 6.45) is -3.84. The summed E-state index contributed by atoms with van der Waals surface area (Å²) in [6.45, 7) is 2.96. The molecule has 3 aromatic carbocycles. The van der Waals surface area contributed by atoms with E-state index in [1.807, 2.05) is 41.3 Å². The van der Waals surface area contributed by atoms with Crippen LogP contribution >= 0.6 is 0 Å². The van der Waals surface area contributed by atoms with Gasteiger partial charge in [0.1, 0.15) is 0 Å². The lowest BCUT2D eigenvalue weighted by Crippen LogP contribution is -2.48. The van der Waals surface area contributed by atoms with Crippen molar-refractivity contribution in [2.24, 2.45) is 5.92 Å². The average molecular weight is 468 g/mol. The fraction of sp³-hybridized carbons (Fsp3) is 0.321. The largest absolute Gasteiger partial charge is 0.416 e. The summed E-state index contributed by atoms with van der Waals surface area (Å²) in [4.78, 5) is 14.1. The van der Waals surface area contributed by atoms with Crippen LogP contribution in [-0.2, 0) is 22.3 Å². The third-order valence-electron chi connectivity index (χ3n) is 6.53. The maximum absolute atomic E-state index is 12.9. The number of likely N-dealkylation sites (tertiary alicyclic amines) is 1. The van der Waals surface area contributed by atoms with Crippen molar-refractivity contribution in [1.82, 2.24) is 4.90 Å². The first-order chi connectivity index (χ1) is 16.3. The van der Waals surface area contributed by atoms with Gasteiger partial charge in [-0.25, -0.2) is 0 Å². The molecule has 1 heterocycles. The molecule has 0 aromatic heterocycles. The van der Waals surface area contributed by atoms with Crippen LogP contribution in [0.1, 0.15) is 41.5 Å². The maximum Gasteiger partial charge on any atom is 0.416 e. The second-order valence-corrected chi connectivity index (χ2v) is 8.76. The Balaban J connectivity index is 1.61. The molecular weight excluding hydrogens is 439 g/mol. The van der Waals surface area contributed by atoms with E-state index in [9.17, 15) is 18.0 Å². The molecule has 1 amide bonds. The van der Waals surface area contributed by atoms with E-state index in [0.29, 0.717) is 25.1 Å². The zero-order valence-corrected chi connectivity index (χ0v) is 19.0. The molecule has 1 aliphatic rings. The minimum absolute atomic E-state index is 0.00287. The highest BCUT2D eigenvalue weighted by atomic mass is 19.4. The normalized spacial score (nSPS) is 18.8. The zero-order chi connectivity index (χ0) is 24.1. The van der Waals surface area contributed by atoms with Crippen LogP contribution in [0.5, 0.6) is 0 Å². The van der Waals surface area contributed by atoms with Crippen LogP contribution in [-0.4, -0.2) is 30.0 Å². The number of benzene rings is 3. The molecule has 0 spiro atoms. The smallest absolute Gasteiger partial charge is 0.373 e. The molecule has 1 fully saturated rings. The monoisotopic (exact) mass is 467 g/mol. The third-order valence-corrected chi connectivity index (χ3v) is 6.53. The molecule has 0 aliphatic carbocycles. The summed E-state index contributed by atoms with van der Waals surface area (Å²) < 4.78 is 45.0. The molecule has 34 heavy (non-hydrogen) atoms. The van der Waals surface area contributed by atoms with Gasteiger partial charge in [0.15, 0.2) is 0 Å². The zero-order valence-electron chi connectivity index (χ0n) is 19.0. The molecule has 1 aliphatic heterocycles. The van der Waals surface area contributed by atoms with Gasteiger partial charge < -0.3 is 9.64 Å². The Kier molecular flexibility index (Phi) is 7.37. The van der Waals surface area contributed by atoms with E-state index >= 15 is 0 Å². The molecule has 0 bridgehead atoms. The second-order valence-electron chi connectivity index (χ2n) is 8.76. The second kappa shape index (κ2) is 10.4. The summed E-state index contributed by atoms with van der Waals surface area (Å²) >= 11 is 0. The van der Waals surface area contributed by atoms with Gasteiger partial charge in [0, 0.05) is 31.8 Å². The lowest BCUT2D eigenvalue weighted by atomic mass is 9.75. The molecule has 0 unspecified atom stereocenters. The van der Waals surface area contributed by atoms with Gasteiger partial charge in [-0.2, -0.15) is 13.2 Å². The standard InChI is InChI=1S/C28H28F3NO2/c1-20(33)32-17-16-26(34-19-21-12-14-24(15-13-21)28(29,30)31)25(18-32)27(22-8-4-2-5-9-22)23-10-6-3-7-11-23/h2-15,25-27H,16-19H2,1H3/t25-,26+/m0/s1. The summed E-state index contributed by atoms with van der Waals surface area (Å²) in [5.41, 5.74) is 2.31. The number of amides is 1. The van der Waals surface area contributed by atoms with Gasteiger partial charge in [0.25, 0.3) is 0 Å². The Labute approximate surface area is 198 Å². The van der Waals surface area contributed by atoms with Gasteiger partial charge in [-0.15, -0.1) is 0 Å². The van der Waals surface area contributed by atoms with Crippen molar-refractivity contribution in [1.29, 1.82) is 0 Å². The molecular formula is C28H28F3NO2.